The molecule has 10 heteroatoms. The highest BCUT2D eigenvalue weighted by Crippen LogP contribution is 2.54. The van der Waals surface area contributed by atoms with Gasteiger partial charge in [0.2, 0.25) is 5.91 Å². The van der Waals surface area contributed by atoms with E-state index in [0.29, 0.717) is 30.2 Å². The molecule has 8 nitrogen and oxygen atoms in total. The Morgan fingerprint density at radius 3 is 2.76 bits per heavy atom. The van der Waals surface area contributed by atoms with Crippen molar-refractivity contribution in [2.75, 3.05) is 10.6 Å². The average molecular weight is 464 g/mol. The van der Waals surface area contributed by atoms with E-state index >= 15 is 0 Å². The average Bonchev–Trinajstić information content (AvgIpc) is 3.29. The SMILES string of the molecule is O=C1CCc2c(Oc3ccc4c(c3)C3C(NC(=O)Nc5cc(F)cc(F)c5)C3O4)ccnc2N1. The summed E-state index contributed by atoms with van der Waals surface area (Å²) >= 11 is 0. The molecule has 3 N–H and O–H groups in total. The molecule has 0 spiro atoms. The summed E-state index contributed by atoms with van der Waals surface area (Å²) in [4.78, 5) is 28.1. The number of nitrogens with zero attached hydrogens (tertiary/aromatic N) is 1. The molecule has 0 bridgehead atoms. The van der Waals surface area contributed by atoms with E-state index in [1.807, 2.05) is 12.1 Å². The van der Waals surface area contributed by atoms with E-state index in [1.165, 1.54) is 0 Å². The van der Waals surface area contributed by atoms with Gasteiger partial charge in [-0.2, -0.15) is 0 Å². The Morgan fingerprint density at radius 2 is 1.94 bits per heavy atom. The highest BCUT2D eigenvalue weighted by Gasteiger charge is 2.59. The maximum absolute atomic E-state index is 13.3. The van der Waals surface area contributed by atoms with E-state index in [4.69, 9.17) is 9.47 Å². The number of nitrogens with one attached hydrogen (secondary N) is 3. The first-order valence-electron chi connectivity index (χ1n) is 10.7. The zero-order chi connectivity index (χ0) is 23.4. The summed E-state index contributed by atoms with van der Waals surface area (Å²) in [6.45, 7) is 0. The lowest BCUT2D eigenvalue weighted by Crippen LogP contribution is -2.34. The molecular weight excluding hydrogens is 446 g/mol. The van der Waals surface area contributed by atoms with Gasteiger partial charge in [-0.05, 0) is 42.8 Å². The van der Waals surface area contributed by atoms with Gasteiger partial charge in [0, 0.05) is 35.5 Å². The Morgan fingerprint density at radius 1 is 1.12 bits per heavy atom. The zero-order valence-electron chi connectivity index (χ0n) is 17.6. The number of urea groups is 1. The molecule has 3 aromatic rings. The van der Waals surface area contributed by atoms with Crippen LogP contribution in [0.15, 0.2) is 48.7 Å². The summed E-state index contributed by atoms with van der Waals surface area (Å²) in [5.74, 6) is 0.760. The van der Waals surface area contributed by atoms with E-state index in [0.717, 1.165) is 35.1 Å². The first-order chi connectivity index (χ1) is 16.4. The fourth-order valence-corrected chi connectivity index (χ4v) is 4.50. The number of hydrogen-bond donors (Lipinski definition) is 3. The standard InChI is InChI=1S/C24H18F2N4O4/c25-11-7-12(26)9-13(8-11)28-24(32)30-21-20-16-10-14(1-3-17(16)34-22(20)21)33-18-5-6-27-23-15(18)2-4-19(31)29-23/h1,3,5-10,20-22H,2,4H2,(H,27,29,31)(H2,28,30,32). The largest absolute Gasteiger partial charge is 0.487 e. The number of hydrogen-bond acceptors (Lipinski definition) is 5. The van der Waals surface area contributed by atoms with Crippen molar-refractivity contribution in [1.29, 1.82) is 0 Å². The maximum atomic E-state index is 13.3. The lowest BCUT2D eigenvalue weighted by atomic mass is 10.1. The number of pyridine rings is 1. The van der Waals surface area contributed by atoms with Crippen LogP contribution in [-0.4, -0.2) is 29.1 Å². The summed E-state index contributed by atoms with van der Waals surface area (Å²) in [6.07, 6.45) is 2.27. The van der Waals surface area contributed by atoms with Gasteiger partial charge in [0.1, 0.15) is 40.8 Å². The van der Waals surface area contributed by atoms with Crippen LogP contribution in [0.1, 0.15) is 23.5 Å². The summed E-state index contributed by atoms with van der Waals surface area (Å²) in [5, 5.41) is 7.98. The van der Waals surface area contributed by atoms with Crippen LogP contribution in [0, 0.1) is 11.6 Å². The van der Waals surface area contributed by atoms with Gasteiger partial charge in [-0.25, -0.2) is 18.6 Å². The minimum absolute atomic E-state index is 0.0229. The maximum Gasteiger partial charge on any atom is 0.319 e. The molecule has 172 valence electrons. The van der Waals surface area contributed by atoms with Gasteiger partial charge in [-0.15, -0.1) is 0 Å². The van der Waals surface area contributed by atoms with E-state index < -0.39 is 17.7 Å². The Hall–Kier alpha value is -4.21. The molecule has 1 saturated carbocycles. The van der Waals surface area contributed by atoms with Gasteiger partial charge in [0.25, 0.3) is 0 Å². The van der Waals surface area contributed by atoms with Crippen LogP contribution in [0.5, 0.6) is 17.2 Å². The van der Waals surface area contributed by atoms with Crippen LogP contribution in [-0.2, 0) is 11.2 Å². The number of ether oxygens (including phenoxy) is 2. The molecule has 1 aromatic heterocycles. The molecule has 1 aliphatic carbocycles. The highest BCUT2D eigenvalue weighted by molar-refractivity contribution is 5.93. The third-order valence-corrected chi connectivity index (χ3v) is 6.08. The minimum Gasteiger partial charge on any atom is -0.487 e. The van der Waals surface area contributed by atoms with Crippen molar-refractivity contribution in [3.8, 4) is 17.2 Å². The van der Waals surface area contributed by atoms with Gasteiger partial charge in [-0.3, -0.25) is 4.79 Å². The molecule has 34 heavy (non-hydrogen) atoms. The predicted octanol–water partition coefficient (Wildman–Crippen LogP) is 4.09. The van der Waals surface area contributed by atoms with Crippen molar-refractivity contribution in [3.05, 3.63) is 71.4 Å². The van der Waals surface area contributed by atoms with Gasteiger partial charge in [0.05, 0.1) is 12.0 Å². The topological polar surface area (TPSA) is 102 Å². The molecule has 3 aliphatic rings. The molecular formula is C24H18F2N4O4. The normalized spacial score (nSPS) is 21.4. The van der Waals surface area contributed by atoms with Crippen LogP contribution in [0.25, 0.3) is 0 Å². The Labute approximate surface area is 192 Å². The van der Waals surface area contributed by atoms with Gasteiger partial charge < -0.3 is 25.4 Å². The minimum atomic E-state index is -0.777. The van der Waals surface area contributed by atoms with E-state index in [1.54, 1.807) is 18.3 Å². The lowest BCUT2D eigenvalue weighted by Gasteiger charge is -2.19. The number of carbonyl (C=O) groups is 2. The first kappa shape index (κ1) is 20.4. The molecule has 0 saturated heterocycles. The van der Waals surface area contributed by atoms with Crippen molar-refractivity contribution in [2.24, 2.45) is 0 Å². The number of benzene rings is 2. The second kappa shape index (κ2) is 7.68. The van der Waals surface area contributed by atoms with Crippen LogP contribution in [0.2, 0.25) is 0 Å². The van der Waals surface area contributed by atoms with E-state index in [-0.39, 0.29) is 29.7 Å². The van der Waals surface area contributed by atoms with Crippen LogP contribution in [0.3, 0.4) is 0 Å². The summed E-state index contributed by atoms with van der Waals surface area (Å²) in [5.41, 5.74) is 1.77. The van der Waals surface area contributed by atoms with Gasteiger partial charge >= 0.3 is 6.03 Å². The van der Waals surface area contributed by atoms with Crippen molar-refractivity contribution in [3.63, 3.8) is 0 Å². The number of carbonyl (C=O) groups excluding carboxylic acids is 2. The number of aromatic nitrogens is 1. The molecule has 3 unspecified atom stereocenters. The lowest BCUT2D eigenvalue weighted by molar-refractivity contribution is -0.116. The van der Waals surface area contributed by atoms with Gasteiger partial charge in [-0.1, -0.05) is 0 Å². The number of fused-ring (bicyclic) bond motifs is 4. The van der Waals surface area contributed by atoms with E-state index in [2.05, 4.69) is 20.9 Å². The third-order valence-electron chi connectivity index (χ3n) is 6.08. The fourth-order valence-electron chi connectivity index (χ4n) is 4.50. The molecule has 3 amide bonds. The Kier molecular flexibility index (Phi) is 4.61. The first-order valence-corrected chi connectivity index (χ1v) is 10.7. The monoisotopic (exact) mass is 464 g/mol. The van der Waals surface area contributed by atoms with Crippen molar-refractivity contribution < 1.29 is 27.8 Å². The van der Waals surface area contributed by atoms with E-state index in [9.17, 15) is 18.4 Å². The smallest absolute Gasteiger partial charge is 0.319 e. The third kappa shape index (κ3) is 3.66. The molecule has 2 aromatic carbocycles. The number of anilines is 2. The zero-order valence-corrected chi connectivity index (χ0v) is 17.6. The molecule has 1 fully saturated rings. The molecule has 0 radical (unpaired) electrons. The van der Waals surface area contributed by atoms with Crippen molar-refractivity contribution in [2.45, 2.75) is 30.9 Å². The van der Waals surface area contributed by atoms with Crippen LogP contribution in [0.4, 0.5) is 25.1 Å². The Bertz CT molecular complexity index is 1330. The predicted molar refractivity (Wildman–Crippen MR) is 117 cm³/mol. The van der Waals surface area contributed by atoms with Crippen molar-refractivity contribution in [1.82, 2.24) is 10.3 Å². The Balaban J connectivity index is 1.15. The quantitative estimate of drug-likeness (QED) is 0.540. The number of rotatable bonds is 4. The fraction of sp³-hybridized carbons (Fsp3) is 0.208. The molecule has 3 atom stereocenters. The number of amides is 3. The van der Waals surface area contributed by atoms with Crippen molar-refractivity contribution >= 4 is 23.4 Å². The molecule has 2 aliphatic heterocycles. The second-order valence-electron chi connectivity index (χ2n) is 8.38. The molecule has 6 rings (SSSR count). The summed E-state index contributed by atoms with van der Waals surface area (Å²) in [6, 6.07) is 9.20. The second-order valence-corrected chi connectivity index (χ2v) is 8.38. The summed E-state index contributed by atoms with van der Waals surface area (Å²) in [7, 11) is 0. The molecule has 3 heterocycles. The van der Waals surface area contributed by atoms with Crippen LogP contribution >= 0.6 is 0 Å². The van der Waals surface area contributed by atoms with Crippen LogP contribution < -0.4 is 25.4 Å². The number of halogens is 2. The highest BCUT2D eigenvalue weighted by atomic mass is 19.1. The summed E-state index contributed by atoms with van der Waals surface area (Å²) < 4.78 is 38.7. The van der Waals surface area contributed by atoms with Gasteiger partial charge in [0.15, 0.2) is 0 Å².